The Bertz CT molecular complexity index is 828. The summed E-state index contributed by atoms with van der Waals surface area (Å²) in [5.74, 6) is -1.51. The molecule has 0 aromatic heterocycles. The first-order valence-electron chi connectivity index (χ1n) is 9.01. The number of hydrogen-bond donors (Lipinski definition) is 1. The molecule has 0 heterocycles. The molecule has 0 saturated heterocycles. The Morgan fingerprint density at radius 3 is 2.07 bits per heavy atom. The van der Waals surface area contributed by atoms with Gasteiger partial charge in [-0.1, -0.05) is 0 Å². The predicted molar refractivity (Wildman–Crippen MR) is 104 cm³/mol. The van der Waals surface area contributed by atoms with Crippen molar-refractivity contribution in [1.29, 1.82) is 0 Å². The summed E-state index contributed by atoms with van der Waals surface area (Å²) in [5.41, 5.74) is -0.894. The lowest BCUT2D eigenvalue weighted by atomic mass is 10.2. The predicted octanol–water partition coefficient (Wildman–Crippen LogP) is 2.57. The molecule has 0 spiro atoms. The fourth-order valence-electron chi connectivity index (χ4n) is 2.44. The molecular weight excluding hydrogens is 404 g/mol. The van der Waals surface area contributed by atoms with Crippen LogP contribution in [0.25, 0.3) is 0 Å². The number of sulfonamides is 1. The minimum absolute atomic E-state index is 0.00246. The molecule has 10 nitrogen and oxygen atoms in total. The number of esters is 1. The summed E-state index contributed by atoms with van der Waals surface area (Å²) >= 11 is 0. The summed E-state index contributed by atoms with van der Waals surface area (Å²) in [6, 6.07) is 4.43. The third-order valence-corrected chi connectivity index (χ3v) is 5.60. The number of carboxylic acid groups (broad SMARTS) is 1. The first-order valence-corrected chi connectivity index (χ1v) is 10.4. The molecule has 1 N–H and O–H groups in total. The molecule has 0 fully saturated rings. The highest BCUT2D eigenvalue weighted by Crippen LogP contribution is 2.21. The zero-order valence-electron chi connectivity index (χ0n) is 16.7. The van der Waals surface area contributed by atoms with E-state index in [9.17, 15) is 28.1 Å². The number of hydrogen-bond acceptors (Lipinski definition) is 7. The van der Waals surface area contributed by atoms with E-state index in [2.05, 4.69) is 0 Å². The molecule has 11 heteroatoms. The number of non-ortho nitro benzene ring substituents is 1. The highest BCUT2D eigenvalue weighted by molar-refractivity contribution is 7.89. The molecule has 0 atom stereocenters. The molecule has 0 bridgehead atoms. The average Bonchev–Trinajstić information content (AvgIpc) is 2.58. The Kier molecular flexibility index (Phi) is 8.71. The van der Waals surface area contributed by atoms with Crippen LogP contribution in [0.3, 0.4) is 0 Å². The number of aliphatic carboxylic acids is 1. The summed E-state index contributed by atoms with van der Waals surface area (Å²) in [4.78, 5) is 32.5. The van der Waals surface area contributed by atoms with Crippen LogP contribution in [0.1, 0.15) is 46.5 Å². The SMILES string of the molecule is CC(C)(C)OC(=O)CCCN(CCCC(=O)O)S(=O)(=O)c1ccc([N+](=O)[O-])cc1. The van der Waals surface area contributed by atoms with Crippen LogP contribution in [-0.4, -0.2) is 53.4 Å². The fourth-order valence-corrected chi connectivity index (χ4v) is 3.96. The van der Waals surface area contributed by atoms with Crippen LogP contribution >= 0.6 is 0 Å². The van der Waals surface area contributed by atoms with Gasteiger partial charge in [0.15, 0.2) is 0 Å². The minimum atomic E-state index is -4.01. The van der Waals surface area contributed by atoms with Crippen LogP contribution in [0.15, 0.2) is 29.2 Å². The molecule has 0 aliphatic carbocycles. The van der Waals surface area contributed by atoms with E-state index in [0.717, 1.165) is 28.6 Å². The number of nitrogens with zero attached hydrogens (tertiary/aromatic N) is 2. The van der Waals surface area contributed by atoms with Crippen molar-refractivity contribution in [1.82, 2.24) is 4.31 Å². The number of ether oxygens (including phenoxy) is 1. The van der Waals surface area contributed by atoms with E-state index in [0.29, 0.717) is 0 Å². The Morgan fingerprint density at radius 2 is 1.62 bits per heavy atom. The number of rotatable bonds is 11. The summed E-state index contributed by atoms with van der Waals surface area (Å²) in [6.45, 7) is 5.10. The first kappa shape index (κ1) is 24.5. The molecule has 29 heavy (non-hydrogen) atoms. The van der Waals surface area contributed by atoms with E-state index in [1.807, 2.05) is 0 Å². The van der Waals surface area contributed by atoms with E-state index in [1.54, 1.807) is 20.8 Å². The zero-order chi connectivity index (χ0) is 22.2. The maximum Gasteiger partial charge on any atom is 0.306 e. The molecule has 0 aliphatic rings. The highest BCUT2D eigenvalue weighted by Gasteiger charge is 2.25. The Labute approximate surface area is 169 Å². The van der Waals surface area contributed by atoms with Crippen LogP contribution in [0.2, 0.25) is 0 Å². The van der Waals surface area contributed by atoms with Gasteiger partial charge in [-0.2, -0.15) is 4.31 Å². The molecular formula is C18H26N2O8S. The lowest BCUT2D eigenvalue weighted by molar-refractivity contribution is -0.384. The highest BCUT2D eigenvalue weighted by atomic mass is 32.2. The number of nitro benzene ring substituents is 1. The molecule has 0 unspecified atom stereocenters. The van der Waals surface area contributed by atoms with E-state index in [4.69, 9.17) is 9.84 Å². The summed E-state index contributed by atoms with van der Waals surface area (Å²) < 4.78 is 32.0. The summed E-state index contributed by atoms with van der Waals surface area (Å²) in [7, 11) is -4.01. The Hall–Kier alpha value is -2.53. The molecule has 0 amide bonds. The van der Waals surface area contributed by atoms with Crippen molar-refractivity contribution in [3.8, 4) is 0 Å². The van der Waals surface area contributed by atoms with Gasteiger partial charge in [-0.3, -0.25) is 19.7 Å². The van der Waals surface area contributed by atoms with Crippen molar-refractivity contribution in [2.45, 2.75) is 57.0 Å². The van der Waals surface area contributed by atoms with Gasteiger partial charge >= 0.3 is 11.9 Å². The van der Waals surface area contributed by atoms with Crippen molar-refractivity contribution in [2.75, 3.05) is 13.1 Å². The molecule has 1 aromatic carbocycles. The standard InChI is InChI=1S/C18H26N2O8S/c1-18(2,3)28-17(23)7-5-13-19(12-4-6-16(21)22)29(26,27)15-10-8-14(9-11-15)20(24)25/h8-11H,4-7,12-13H2,1-3H3,(H,21,22). The average molecular weight is 430 g/mol. The van der Waals surface area contributed by atoms with Crippen molar-refractivity contribution >= 4 is 27.6 Å². The van der Waals surface area contributed by atoms with E-state index < -0.39 is 32.5 Å². The molecule has 1 aromatic rings. The van der Waals surface area contributed by atoms with E-state index >= 15 is 0 Å². The number of carbonyl (C=O) groups is 2. The van der Waals surface area contributed by atoms with Gasteiger partial charge in [-0.05, 0) is 45.7 Å². The minimum Gasteiger partial charge on any atom is -0.481 e. The quantitative estimate of drug-likeness (QED) is 0.320. The number of benzene rings is 1. The summed E-state index contributed by atoms with van der Waals surface area (Å²) in [5, 5.41) is 19.5. The van der Waals surface area contributed by atoms with Gasteiger partial charge in [0.05, 0.1) is 9.82 Å². The van der Waals surface area contributed by atoms with E-state index in [1.165, 1.54) is 0 Å². The number of carboxylic acids is 1. The van der Waals surface area contributed by atoms with Crippen molar-refractivity contribution in [3.63, 3.8) is 0 Å². The molecule has 0 saturated carbocycles. The fraction of sp³-hybridized carbons (Fsp3) is 0.556. The first-order chi connectivity index (χ1) is 13.3. The third kappa shape index (κ3) is 8.57. The normalized spacial score (nSPS) is 12.0. The number of carbonyl (C=O) groups excluding carboxylic acids is 1. The van der Waals surface area contributed by atoms with Gasteiger partial charge in [0, 0.05) is 38.1 Å². The third-order valence-electron chi connectivity index (χ3n) is 3.69. The molecule has 0 radical (unpaired) electrons. The molecule has 162 valence electrons. The van der Waals surface area contributed by atoms with Crippen LogP contribution < -0.4 is 0 Å². The van der Waals surface area contributed by atoms with E-state index in [-0.39, 0.29) is 49.4 Å². The lowest BCUT2D eigenvalue weighted by Gasteiger charge is -2.23. The van der Waals surface area contributed by atoms with Crippen LogP contribution in [0.5, 0.6) is 0 Å². The summed E-state index contributed by atoms with van der Waals surface area (Å²) in [6.07, 6.45) is 0.0724. The molecule has 0 aliphatic heterocycles. The monoisotopic (exact) mass is 430 g/mol. The second kappa shape index (κ2) is 10.3. The smallest absolute Gasteiger partial charge is 0.306 e. The largest absolute Gasteiger partial charge is 0.481 e. The van der Waals surface area contributed by atoms with Gasteiger partial charge in [-0.15, -0.1) is 0 Å². The lowest BCUT2D eigenvalue weighted by Crippen LogP contribution is -2.34. The second-order valence-corrected chi connectivity index (χ2v) is 9.28. The number of nitro groups is 1. The Balaban J connectivity index is 2.90. The maximum absolute atomic E-state index is 12.9. The van der Waals surface area contributed by atoms with Gasteiger partial charge in [-0.25, -0.2) is 8.42 Å². The second-order valence-electron chi connectivity index (χ2n) is 7.34. The van der Waals surface area contributed by atoms with Crippen molar-refractivity contribution < 1.29 is 32.8 Å². The van der Waals surface area contributed by atoms with Crippen LogP contribution in [-0.2, 0) is 24.3 Å². The van der Waals surface area contributed by atoms with Crippen molar-refractivity contribution in [3.05, 3.63) is 34.4 Å². The van der Waals surface area contributed by atoms with Crippen LogP contribution in [0.4, 0.5) is 5.69 Å². The Morgan fingerprint density at radius 1 is 1.10 bits per heavy atom. The van der Waals surface area contributed by atoms with Crippen molar-refractivity contribution in [2.24, 2.45) is 0 Å². The zero-order valence-corrected chi connectivity index (χ0v) is 17.5. The maximum atomic E-state index is 12.9. The van der Waals surface area contributed by atoms with Gasteiger partial charge < -0.3 is 9.84 Å². The van der Waals surface area contributed by atoms with Gasteiger partial charge in [0.1, 0.15) is 5.60 Å². The van der Waals surface area contributed by atoms with Gasteiger partial charge in [0.2, 0.25) is 10.0 Å². The topological polar surface area (TPSA) is 144 Å². The van der Waals surface area contributed by atoms with Crippen LogP contribution in [0, 0.1) is 10.1 Å². The molecule has 1 rings (SSSR count). The van der Waals surface area contributed by atoms with Gasteiger partial charge in [0.25, 0.3) is 5.69 Å².